The van der Waals surface area contributed by atoms with E-state index in [9.17, 15) is 5.26 Å². The van der Waals surface area contributed by atoms with Gasteiger partial charge >= 0.3 is 0 Å². The molecule has 0 aromatic rings. The van der Waals surface area contributed by atoms with Crippen molar-refractivity contribution in [3.63, 3.8) is 0 Å². The van der Waals surface area contributed by atoms with E-state index in [-0.39, 0.29) is 6.10 Å². The Labute approximate surface area is 130 Å². The van der Waals surface area contributed by atoms with Crippen LogP contribution in [0.1, 0.15) is 78.6 Å². The molecule has 0 N–H and O–H groups in total. The minimum atomic E-state index is -0.742. The number of rotatable bonds is 8. The normalized spacial score (nSPS) is 27.8. The Morgan fingerprint density at radius 1 is 1.24 bits per heavy atom. The molecule has 0 aliphatic carbocycles. The third kappa shape index (κ3) is 6.08. The first-order valence-electron chi connectivity index (χ1n) is 8.19. The van der Waals surface area contributed by atoms with Crippen molar-refractivity contribution in [3.8, 4) is 18.4 Å². The summed E-state index contributed by atoms with van der Waals surface area (Å²) in [4.78, 5) is 0. The molecule has 0 aromatic heterocycles. The molecule has 1 saturated heterocycles. The molecule has 0 radical (unpaired) electrons. The minimum Gasteiger partial charge on any atom is -0.347 e. The molecule has 0 aromatic carbocycles. The molecule has 118 valence electrons. The van der Waals surface area contributed by atoms with E-state index in [0.29, 0.717) is 19.3 Å². The highest BCUT2D eigenvalue weighted by molar-refractivity contribution is 5.06. The lowest BCUT2D eigenvalue weighted by atomic mass is 9.87. The Balaban J connectivity index is 2.62. The lowest BCUT2D eigenvalue weighted by molar-refractivity contribution is -0.321. The molecule has 1 aliphatic rings. The van der Waals surface area contributed by atoms with Crippen LogP contribution in [0.5, 0.6) is 0 Å². The third-order valence-corrected chi connectivity index (χ3v) is 3.93. The van der Waals surface area contributed by atoms with Crippen molar-refractivity contribution in [2.45, 2.75) is 96.1 Å². The van der Waals surface area contributed by atoms with E-state index in [4.69, 9.17) is 15.9 Å². The molecule has 0 saturated carbocycles. The zero-order valence-electron chi connectivity index (χ0n) is 13.8. The van der Waals surface area contributed by atoms with Gasteiger partial charge in [-0.3, -0.25) is 0 Å². The van der Waals surface area contributed by atoms with Gasteiger partial charge in [0.05, 0.1) is 12.2 Å². The Kier molecular flexibility index (Phi) is 7.23. The fraction of sp³-hybridized carbons (Fsp3) is 0.833. The van der Waals surface area contributed by atoms with Gasteiger partial charge in [-0.25, -0.2) is 0 Å². The lowest BCUT2D eigenvalue weighted by Crippen LogP contribution is -2.51. The standard InChI is InChI=1S/C18H29NO2/c1-5-7-9-10-12-16-14-18(15-19,13-11-8-6-2)21-17(3,4)20-16/h2,16H,5,7-14H2,1,3-4H3/t16-,18+/m0/s1. The molecule has 21 heavy (non-hydrogen) atoms. The van der Waals surface area contributed by atoms with Crippen LogP contribution in [0.15, 0.2) is 0 Å². The topological polar surface area (TPSA) is 42.2 Å². The number of terminal acetylenes is 1. The quantitative estimate of drug-likeness (QED) is 0.486. The second kappa shape index (κ2) is 8.42. The van der Waals surface area contributed by atoms with Crippen molar-refractivity contribution in [3.05, 3.63) is 0 Å². The monoisotopic (exact) mass is 291 g/mol. The van der Waals surface area contributed by atoms with Gasteiger partial charge in [0, 0.05) is 12.8 Å². The van der Waals surface area contributed by atoms with Crippen LogP contribution in [0, 0.1) is 23.7 Å². The van der Waals surface area contributed by atoms with Crippen LogP contribution >= 0.6 is 0 Å². The first-order chi connectivity index (χ1) is 9.97. The molecule has 1 fully saturated rings. The maximum atomic E-state index is 9.62. The van der Waals surface area contributed by atoms with Gasteiger partial charge in [-0.15, -0.1) is 12.3 Å². The molecule has 0 amide bonds. The zero-order valence-corrected chi connectivity index (χ0v) is 13.8. The summed E-state index contributed by atoms with van der Waals surface area (Å²) >= 11 is 0. The highest BCUT2D eigenvalue weighted by atomic mass is 16.7. The first-order valence-corrected chi connectivity index (χ1v) is 8.19. The van der Waals surface area contributed by atoms with Crippen LogP contribution in [-0.4, -0.2) is 17.5 Å². The average Bonchev–Trinajstić information content (AvgIpc) is 2.42. The number of ether oxygens (including phenoxy) is 2. The van der Waals surface area contributed by atoms with E-state index in [2.05, 4.69) is 18.9 Å². The van der Waals surface area contributed by atoms with Gasteiger partial charge in [0.2, 0.25) is 0 Å². The van der Waals surface area contributed by atoms with E-state index in [1.54, 1.807) is 0 Å². The molecule has 1 aliphatic heterocycles. The predicted octanol–water partition coefficient (Wildman–Crippen LogP) is 4.56. The molecular weight excluding hydrogens is 262 g/mol. The summed E-state index contributed by atoms with van der Waals surface area (Å²) in [6, 6.07) is 2.39. The molecule has 0 unspecified atom stereocenters. The van der Waals surface area contributed by atoms with Crippen LogP contribution in [0.25, 0.3) is 0 Å². The largest absolute Gasteiger partial charge is 0.347 e. The molecule has 3 nitrogen and oxygen atoms in total. The van der Waals surface area contributed by atoms with Crippen molar-refractivity contribution in [2.75, 3.05) is 0 Å². The summed E-state index contributed by atoms with van der Waals surface area (Å²) < 4.78 is 12.0. The van der Waals surface area contributed by atoms with Crippen molar-refractivity contribution < 1.29 is 9.47 Å². The van der Waals surface area contributed by atoms with Gasteiger partial charge < -0.3 is 9.47 Å². The van der Waals surface area contributed by atoms with E-state index >= 15 is 0 Å². The maximum absolute atomic E-state index is 9.62. The van der Waals surface area contributed by atoms with Crippen molar-refractivity contribution >= 4 is 0 Å². The van der Waals surface area contributed by atoms with Crippen molar-refractivity contribution in [1.82, 2.24) is 0 Å². The highest BCUT2D eigenvalue weighted by Crippen LogP contribution is 2.38. The Hall–Kier alpha value is -1.03. The minimum absolute atomic E-state index is 0.107. The summed E-state index contributed by atoms with van der Waals surface area (Å²) in [6.07, 6.45) is 14.1. The number of hydrogen-bond donors (Lipinski definition) is 0. The molecule has 0 bridgehead atoms. The van der Waals surface area contributed by atoms with Crippen LogP contribution < -0.4 is 0 Å². The molecule has 1 heterocycles. The molecular formula is C18H29NO2. The summed E-state index contributed by atoms with van der Waals surface area (Å²) in [5, 5.41) is 9.62. The van der Waals surface area contributed by atoms with Crippen LogP contribution in [-0.2, 0) is 9.47 Å². The van der Waals surface area contributed by atoms with E-state index in [1.807, 2.05) is 13.8 Å². The number of nitrogens with zero attached hydrogens (tertiary/aromatic N) is 1. The van der Waals surface area contributed by atoms with E-state index in [1.165, 1.54) is 19.3 Å². The highest BCUT2D eigenvalue weighted by Gasteiger charge is 2.45. The molecule has 1 rings (SSSR count). The second-order valence-electron chi connectivity index (χ2n) is 6.46. The van der Waals surface area contributed by atoms with Crippen LogP contribution in [0.2, 0.25) is 0 Å². The van der Waals surface area contributed by atoms with Gasteiger partial charge in [0.15, 0.2) is 11.4 Å². The van der Waals surface area contributed by atoms with Crippen molar-refractivity contribution in [2.24, 2.45) is 0 Å². The number of unbranched alkanes of at least 4 members (excludes halogenated alkanes) is 4. The lowest BCUT2D eigenvalue weighted by Gasteiger charge is -2.45. The van der Waals surface area contributed by atoms with Crippen LogP contribution in [0.4, 0.5) is 0 Å². The summed E-state index contributed by atoms with van der Waals surface area (Å²) in [5.74, 6) is 1.94. The molecule has 2 atom stereocenters. The first kappa shape index (κ1) is 18.0. The average molecular weight is 291 g/mol. The smallest absolute Gasteiger partial charge is 0.165 e. The SMILES string of the molecule is C#CCCC[C@]1(C#N)C[C@H](CCCCCC)OC(C)(C)O1. The summed E-state index contributed by atoms with van der Waals surface area (Å²) in [5.41, 5.74) is -0.742. The Morgan fingerprint density at radius 2 is 2.00 bits per heavy atom. The Morgan fingerprint density at radius 3 is 2.62 bits per heavy atom. The number of nitriles is 1. The third-order valence-electron chi connectivity index (χ3n) is 3.93. The van der Waals surface area contributed by atoms with E-state index < -0.39 is 11.4 Å². The van der Waals surface area contributed by atoms with Gasteiger partial charge in [-0.2, -0.15) is 5.26 Å². The van der Waals surface area contributed by atoms with E-state index in [0.717, 1.165) is 19.3 Å². The second-order valence-corrected chi connectivity index (χ2v) is 6.46. The van der Waals surface area contributed by atoms with Gasteiger partial charge in [0.25, 0.3) is 0 Å². The van der Waals surface area contributed by atoms with Gasteiger partial charge in [-0.1, -0.05) is 32.6 Å². The zero-order chi connectivity index (χ0) is 15.8. The predicted molar refractivity (Wildman–Crippen MR) is 84.4 cm³/mol. The fourth-order valence-corrected chi connectivity index (χ4v) is 3.06. The Bertz CT molecular complexity index is 391. The molecule has 0 spiro atoms. The summed E-state index contributed by atoms with van der Waals surface area (Å²) in [7, 11) is 0. The van der Waals surface area contributed by atoms with Crippen LogP contribution in [0.3, 0.4) is 0 Å². The van der Waals surface area contributed by atoms with Gasteiger partial charge in [-0.05, 0) is 33.1 Å². The maximum Gasteiger partial charge on any atom is 0.165 e. The van der Waals surface area contributed by atoms with Gasteiger partial charge in [0.1, 0.15) is 0 Å². The summed E-state index contributed by atoms with van der Waals surface area (Å²) in [6.45, 7) is 6.01. The van der Waals surface area contributed by atoms with Crippen molar-refractivity contribution in [1.29, 1.82) is 5.26 Å². The fourth-order valence-electron chi connectivity index (χ4n) is 3.06. The number of hydrogen-bond acceptors (Lipinski definition) is 3. The molecule has 3 heteroatoms.